The second kappa shape index (κ2) is 9.49. The number of halogens is 1. The summed E-state index contributed by atoms with van der Waals surface area (Å²) in [6.45, 7) is 0.361. The van der Waals surface area contributed by atoms with Crippen LogP contribution in [0.3, 0.4) is 0 Å². The minimum atomic E-state index is -0.497. The molecule has 1 aromatic heterocycles. The van der Waals surface area contributed by atoms with E-state index in [0.29, 0.717) is 36.3 Å². The van der Waals surface area contributed by atoms with Gasteiger partial charge in [-0.25, -0.2) is 9.07 Å². The number of nitrogen functional groups attached to an aromatic ring is 1. The van der Waals surface area contributed by atoms with Crippen molar-refractivity contribution >= 4 is 17.4 Å². The molecule has 0 unspecified atom stereocenters. The van der Waals surface area contributed by atoms with Gasteiger partial charge in [0.2, 0.25) is 5.91 Å². The number of nitrogens with two attached hydrogens (primary N) is 1. The van der Waals surface area contributed by atoms with Gasteiger partial charge in [0.1, 0.15) is 23.3 Å². The smallest absolute Gasteiger partial charge is 0.269 e. The quantitative estimate of drug-likeness (QED) is 0.325. The summed E-state index contributed by atoms with van der Waals surface area (Å²) in [6, 6.07) is 13.4. The average Bonchev–Trinajstić information content (AvgIpc) is 3.07. The van der Waals surface area contributed by atoms with Gasteiger partial charge in [-0.2, -0.15) is 10.4 Å². The number of anilines is 1. The molecule has 3 rings (SSSR count). The second-order valence-corrected chi connectivity index (χ2v) is 6.76. The molecule has 0 radical (unpaired) electrons. The lowest BCUT2D eigenvalue weighted by Crippen LogP contribution is -2.26. The minimum absolute atomic E-state index is 0.0307. The third-order valence-electron chi connectivity index (χ3n) is 4.60. The Balaban J connectivity index is 1.55. The number of hydrogen-bond donors (Lipinski definition) is 2. The van der Waals surface area contributed by atoms with Crippen LogP contribution in [0.5, 0.6) is 0 Å². The molecule has 0 aliphatic carbocycles. The number of amides is 1. The van der Waals surface area contributed by atoms with Crippen molar-refractivity contribution < 1.29 is 14.1 Å². The van der Waals surface area contributed by atoms with Crippen molar-refractivity contribution in [3.8, 4) is 11.8 Å². The highest BCUT2D eigenvalue weighted by atomic mass is 19.1. The number of non-ortho nitro benzene ring substituents is 1. The number of hydrogen-bond acceptors (Lipinski definition) is 6. The molecule has 0 spiro atoms. The Labute approximate surface area is 177 Å². The van der Waals surface area contributed by atoms with E-state index < -0.39 is 4.92 Å². The lowest BCUT2D eigenvalue weighted by atomic mass is 10.1. The molecule has 3 aromatic rings. The maximum atomic E-state index is 13.1. The first-order chi connectivity index (χ1) is 14.9. The van der Waals surface area contributed by atoms with Crippen LogP contribution in [0.2, 0.25) is 0 Å². The largest absolute Gasteiger partial charge is 0.382 e. The summed E-state index contributed by atoms with van der Waals surface area (Å²) in [5.41, 5.74) is 7.95. The first-order valence-electron chi connectivity index (χ1n) is 9.42. The number of aromatic nitrogens is 2. The molecule has 3 N–H and O–H groups in total. The minimum Gasteiger partial charge on any atom is -0.382 e. The number of aryl methyl sites for hydroxylation is 1. The molecule has 2 aromatic carbocycles. The highest BCUT2D eigenvalue weighted by molar-refractivity contribution is 5.78. The summed E-state index contributed by atoms with van der Waals surface area (Å²) in [4.78, 5) is 22.2. The SMILES string of the molecule is N#Cc1c(CCCNC(=O)Cc2ccc([N+](=O)[O-])cc2)nn(-c2ccc(F)cc2)c1N. The molecular weight excluding hydrogens is 403 g/mol. The first kappa shape index (κ1) is 21.4. The summed E-state index contributed by atoms with van der Waals surface area (Å²) in [7, 11) is 0. The molecule has 10 heteroatoms. The van der Waals surface area contributed by atoms with Crippen molar-refractivity contribution in [2.24, 2.45) is 0 Å². The van der Waals surface area contributed by atoms with E-state index in [1.165, 1.54) is 41.1 Å². The lowest BCUT2D eigenvalue weighted by molar-refractivity contribution is -0.384. The van der Waals surface area contributed by atoms with Crippen LogP contribution in [-0.4, -0.2) is 27.2 Å². The van der Waals surface area contributed by atoms with E-state index in [0.717, 1.165) is 0 Å². The van der Waals surface area contributed by atoms with Gasteiger partial charge < -0.3 is 11.1 Å². The molecule has 0 saturated heterocycles. The monoisotopic (exact) mass is 422 g/mol. The van der Waals surface area contributed by atoms with E-state index in [9.17, 15) is 24.6 Å². The molecule has 0 aliphatic heterocycles. The third-order valence-corrected chi connectivity index (χ3v) is 4.60. The lowest BCUT2D eigenvalue weighted by Gasteiger charge is -2.05. The van der Waals surface area contributed by atoms with Crippen molar-refractivity contribution in [1.29, 1.82) is 5.26 Å². The summed E-state index contributed by atoms with van der Waals surface area (Å²) in [6.07, 6.45) is 1.05. The summed E-state index contributed by atoms with van der Waals surface area (Å²) < 4.78 is 14.5. The van der Waals surface area contributed by atoms with Gasteiger partial charge in [0.15, 0.2) is 0 Å². The number of carbonyl (C=O) groups is 1. The molecule has 0 fully saturated rings. The number of nitrogens with zero attached hydrogens (tertiary/aromatic N) is 4. The van der Waals surface area contributed by atoms with E-state index in [2.05, 4.69) is 10.4 Å². The van der Waals surface area contributed by atoms with Crippen LogP contribution in [-0.2, 0) is 17.6 Å². The van der Waals surface area contributed by atoms with Gasteiger partial charge in [-0.05, 0) is 42.7 Å². The Morgan fingerprint density at radius 3 is 2.52 bits per heavy atom. The number of rotatable bonds is 8. The van der Waals surface area contributed by atoms with E-state index in [1.54, 1.807) is 12.1 Å². The summed E-state index contributed by atoms with van der Waals surface area (Å²) in [5, 5.41) is 27.2. The average molecular weight is 422 g/mol. The summed E-state index contributed by atoms with van der Waals surface area (Å²) in [5.74, 6) is -0.434. The fourth-order valence-electron chi connectivity index (χ4n) is 3.02. The highest BCUT2D eigenvalue weighted by Crippen LogP contribution is 2.21. The Hall–Kier alpha value is -4.26. The molecule has 1 heterocycles. The normalized spacial score (nSPS) is 10.5. The number of nitro groups is 1. The van der Waals surface area contributed by atoms with Crippen molar-refractivity contribution in [3.05, 3.63) is 81.3 Å². The van der Waals surface area contributed by atoms with Crippen LogP contribution >= 0.6 is 0 Å². The van der Waals surface area contributed by atoms with Gasteiger partial charge in [-0.15, -0.1) is 0 Å². The molecule has 0 atom stereocenters. The van der Waals surface area contributed by atoms with Crippen molar-refractivity contribution in [2.75, 3.05) is 12.3 Å². The molecule has 0 bridgehead atoms. The molecule has 158 valence electrons. The van der Waals surface area contributed by atoms with Crippen LogP contribution in [0, 0.1) is 27.3 Å². The van der Waals surface area contributed by atoms with Crippen LogP contribution in [0.1, 0.15) is 23.2 Å². The van der Waals surface area contributed by atoms with Gasteiger partial charge in [0, 0.05) is 18.7 Å². The van der Waals surface area contributed by atoms with E-state index in [-0.39, 0.29) is 35.2 Å². The van der Waals surface area contributed by atoms with Gasteiger partial charge in [0.05, 0.1) is 22.7 Å². The number of nitro benzene ring substituents is 1. The standard InChI is InChI=1S/C21H19FN6O3/c22-15-5-9-16(10-6-15)27-21(24)18(13-23)19(26-27)2-1-11-25-20(29)12-14-3-7-17(8-4-14)28(30)31/h3-10H,1-2,11-12,24H2,(H,25,29). The van der Waals surface area contributed by atoms with Gasteiger partial charge in [-0.3, -0.25) is 14.9 Å². The fraction of sp³-hybridized carbons (Fsp3) is 0.190. The molecule has 0 saturated carbocycles. The predicted octanol–water partition coefficient (Wildman–Crippen LogP) is 2.66. The Morgan fingerprint density at radius 1 is 1.23 bits per heavy atom. The number of nitriles is 1. The van der Waals surface area contributed by atoms with Crippen LogP contribution in [0.25, 0.3) is 5.69 Å². The van der Waals surface area contributed by atoms with E-state index in [1.807, 2.05) is 6.07 Å². The maximum Gasteiger partial charge on any atom is 0.269 e. The maximum absolute atomic E-state index is 13.1. The third kappa shape index (κ3) is 5.22. The van der Waals surface area contributed by atoms with Crippen LogP contribution in [0.4, 0.5) is 15.9 Å². The Bertz CT molecular complexity index is 1130. The molecule has 1 amide bonds. The van der Waals surface area contributed by atoms with Gasteiger partial charge in [-0.1, -0.05) is 12.1 Å². The van der Waals surface area contributed by atoms with Crippen LogP contribution in [0.15, 0.2) is 48.5 Å². The molecular formula is C21H19FN6O3. The highest BCUT2D eigenvalue weighted by Gasteiger charge is 2.16. The van der Waals surface area contributed by atoms with E-state index >= 15 is 0 Å². The van der Waals surface area contributed by atoms with Crippen molar-refractivity contribution in [2.45, 2.75) is 19.3 Å². The second-order valence-electron chi connectivity index (χ2n) is 6.76. The van der Waals surface area contributed by atoms with E-state index in [4.69, 9.17) is 5.73 Å². The topological polar surface area (TPSA) is 140 Å². The number of nitrogens with one attached hydrogen (secondary N) is 1. The summed E-state index contributed by atoms with van der Waals surface area (Å²) >= 11 is 0. The molecule has 9 nitrogen and oxygen atoms in total. The number of carbonyl (C=O) groups excluding carboxylic acids is 1. The van der Waals surface area contributed by atoms with Crippen molar-refractivity contribution in [1.82, 2.24) is 15.1 Å². The fourth-order valence-corrected chi connectivity index (χ4v) is 3.02. The zero-order valence-corrected chi connectivity index (χ0v) is 16.4. The number of benzene rings is 2. The first-order valence-corrected chi connectivity index (χ1v) is 9.42. The Morgan fingerprint density at radius 2 is 1.90 bits per heavy atom. The zero-order chi connectivity index (χ0) is 22.4. The molecule has 31 heavy (non-hydrogen) atoms. The molecule has 0 aliphatic rings. The van der Waals surface area contributed by atoms with Gasteiger partial charge >= 0.3 is 0 Å². The zero-order valence-electron chi connectivity index (χ0n) is 16.4. The van der Waals surface area contributed by atoms with Crippen LogP contribution < -0.4 is 11.1 Å². The predicted molar refractivity (Wildman–Crippen MR) is 111 cm³/mol. The Kier molecular flexibility index (Phi) is 6.57. The van der Waals surface area contributed by atoms with Gasteiger partial charge in [0.25, 0.3) is 5.69 Å². The van der Waals surface area contributed by atoms with Crippen molar-refractivity contribution in [3.63, 3.8) is 0 Å².